The van der Waals surface area contributed by atoms with Crippen molar-refractivity contribution in [2.75, 3.05) is 65.4 Å². The van der Waals surface area contributed by atoms with Crippen molar-refractivity contribution < 1.29 is 36.6 Å². The van der Waals surface area contributed by atoms with Crippen molar-refractivity contribution in [1.29, 1.82) is 0 Å². The van der Waals surface area contributed by atoms with Gasteiger partial charge in [-0.1, -0.05) is 133 Å². The number of hydrogen-bond acceptors (Lipinski definition) is 12. The zero-order valence-corrected chi connectivity index (χ0v) is 51.6. The number of β-amino-alcohol motifs (C(OH)–C–C–N with tert-alkyl or cyclic N) is 1. The van der Waals surface area contributed by atoms with Crippen LogP contribution in [0.4, 0.5) is 0 Å². The van der Waals surface area contributed by atoms with Gasteiger partial charge in [-0.05, 0) is 137 Å². The minimum absolute atomic E-state index is 0.0504. The number of pyridine rings is 1. The standard InChI is InChI=1S/C36H47N5O4.C31H39N3O4S2/c1-36(2,3)39-35(45)31-24-40(22-26-12-9-15-37-21-26)16-17-41(31)23-29(42)19-28(18-25-10-5-4-6-11-25)34(44)38-33-30-14-8-7-13-27(30)20-32(33)43;1-26-11-15-30(16-12-26)39(35,36)33-21-7-19-32(25-29-9-5-4-6-10-29)20-8-22-34(24-28(3)23-33)40(37,38)31-17-13-27(2)14-18-31/h4-15,21,28-29,31-33,42-43H,16-20,22-24H2,1-3H3,(H,38,44)(H,39,45);4-6,9-18H,3,7-8,19-25H2,1-2H3/t28-,29+,31+,32-,33+;/m1./s1. The number of benzene rings is 5. The molecule has 2 fully saturated rings. The van der Waals surface area contributed by atoms with Gasteiger partial charge in [-0.25, -0.2) is 16.8 Å². The fourth-order valence-corrected chi connectivity index (χ4v) is 14.5. The van der Waals surface area contributed by atoms with Gasteiger partial charge in [-0.15, -0.1) is 0 Å². The van der Waals surface area contributed by atoms with E-state index in [2.05, 4.69) is 49.0 Å². The second-order valence-corrected chi connectivity index (χ2v) is 28.0. The summed E-state index contributed by atoms with van der Waals surface area (Å²) in [4.78, 5) is 38.6. The first kappa shape index (κ1) is 64.5. The van der Waals surface area contributed by atoms with Crippen LogP contribution in [0, 0.1) is 19.8 Å². The Morgan fingerprint density at radius 1 is 0.671 bits per heavy atom. The Bertz CT molecular complexity index is 3260. The number of aromatic nitrogens is 1. The largest absolute Gasteiger partial charge is 0.392 e. The number of carbonyl (C=O) groups excluding carboxylic acids is 2. The molecule has 0 spiro atoms. The zero-order chi connectivity index (χ0) is 60.7. The molecule has 0 unspecified atom stereocenters. The molecule has 0 saturated carbocycles. The van der Waals surface area contributed by atoms with Gasteiger partial charge in [0.1, 0.15) is 6.04 Å². The second-order valence-electron chi connectivity index (χ2n) is 24.1. The van der Waals surface area contributed by atoms with Crippen molar-refractivity contribution in [1.82, 2.24) is 38.9 Å². The smallest absolute Gasteiger partial charge is 0.243 e. The Kier molecular flexibility index (Phi) is 22.6. The molecule has 5 atom stereocenters. The van der Waals surface area contributed by atoms with Crippen LogP contribution < -0.4 is 10.6 Å². The van der Waals surface area contributed by atoms with Crippen LogP contribution in [-0.2, 0) is 55.6 Å². The Hall–Kier alpha value is -6.45. The van der Waals surface area contributed by atoms with E-state index in [1.807, 2.05) is 126 Å². The number of nitrogens with one attached hydrogen (secondary N) is 2. The Balaban J connectivity index is 0.000000223. The van der Waals surface area contributed by atoms with E-state index in [1.54, 1.807) is 54.7 Å². The molecule has 3 heterocycles. The molecule has 1 aromatic heterocycles. The summed E-state index contributed by atoms with van der Waals surface area (Å²) in [5.41, 5.74) is 7.33. The second kappa shape index (κ2) is 29.8. The number of amides is 2. The molecule has 454 valence electrons. The van der Waals surface area contributed by atoms with Crippen LogP contribution in [0.1, 0.15) is 85.0 Å². The highest BCUT2D eigenvalue weighted by Gasteiger charge is 2.38. The molecule has 16 nitrogen and oxygen atoms in total. The maximum Gasteiger partial charge on any atom is 0.243 e. The topological polar surface area (TPSA) is 196 Å². The van der Waals surface area contributed by atoms with E-state index in [0.29, 0.717) is 83.6 Å². The molecule has 2 saturated heterocycles. The van der Waals surface area contributed by atoms with Gasteiger partial charge >= 0.3 is 0 Å². The van der Waals surface area contributed by atoms with Crippen LogP contribution in [0.15, 0.2) is 180 Å². The third-order valence-electron chi connectivity index (χ3n) is 15.8. The first-order valence-electron chi connectivity index (χ1n) is 29.6. The van der Waals surface area contributed by atoms with Crippen LogP contribution in [0.2, 0.25) is 0 Å². The molecule has 9 rings (SSSR count). The highest BCUT2D eigenvalue weighted by molar-refractivity contribution is 7.89. The number of rotatable bonds is 17. The van der Waals surface area contributed by atoms with Crippen molar-refractivity contribution in [3.8, 4) is 0 Å². The molecule has 0 bridgehead atoms. The van der Waals surface area contributed by atoms with E-state index >= 15 is 0 Å². The highest BCUT2D eigenvalue weighted by atomic mass is 32.2. The van der Waals surface area contributed by atoms with E-state index in [0.717, 1.165) is 45.5 Å². The van der Waals surface area contributed by atoms with E-state index < -0.39 is 55.8 Å². The number of aliphatic hydroxyl groups is 2. The van der Waals surface area contributed by atoms with Gasteiger partial charge in [0, 0.05) is 95.7 Å². The van der Waals surface area contributed by atoms with E-state index in [-0.39, 0.29) is 47.7 Å². The predicted octanol–water partition coefficient (Wildman–Crippen LogP) is 7.70. The normalized spacial score (nSPS) is 19.9. The molecule has 85 heavy (non-hydrogen) atoms. The lowest BCUT2D eigenvalue weighted by Crippen LogP contribution is -2.61. The lowest BCUT2D eigenvalue weighted by molar-refractivity contribution is -0.132. The first-order chi connectivity index (χ1) is 40.6. The number of fused-ring (bicyclic) bond motifs is 1. The molecule has 0 radical (unpaired) electrons. The van der Waals surface area contributed by atoms with Gasteiger partial charge in [-0.3, -0.25) is 29.3 Å². The van der Waals surface area contributed by atoms with Crippen molar-refractivity contribution in [2.45, 2.75) is 119 Å². The summed E-state index contributed by atoms with van der Waals surface area (Å²) in [5.74, 6) is -0.781. The third kappa shape index (κ3) is 18.5. The maximum atomic E-state index is 13.8. The lowest BCUT2D eigenvalue weighted by atomic mass is 9.91. The molecule has 5 aromatic carbocycles. The van der Waals surface area contributed by atoms with E-state index in [4.69, 9.17) is 0 Å². The van der Waals surface area contributed by atoms with Crippen LogP contribution in [0.3, 0.4) is 0 Å². The zero-order valence-electron chi connectivity index (χ0n) is 50.0. The number of hydrogen-bond donors (Lipinski definition) is 4. The van der Waals surface area contributed by atoms with Crippen LogP contribution >= 0.6 is 0 Å². The quantitative estimate of drug-likeness (QED) is 0.0651. The van der Waals surface area contributed by atoms with Crippen LogP contribution in [0.25, 0.3) is 0 Å². The summed E-state index contributed by atoms with van der Waals surface area (Å²) in [5, 5.41) is 28.5. The number of carbonyl (C=O) groups is 2. The van der Waals surface area contributed by atoms with E-state index in [1.165, 1.54) is 8.61 Å². The van der Waals surface area contributed by atoms with Gasteiger partial charge in [0.05, 0.1) is 28.0 Å². The number of sulfonamides is 2. The van der Waals surface area contributed by atoms with Crippen molar-refractivity contribution in [3.63, 3.8) is 0 Å². The third-order valence-corrected chi connectivity index (χ3v) is 19.6. The minimum Gasteiger partial charge on any atom is -0.392 e. The predicted molar refractivity (Wildman–Crippen MR) is 334 cm³/mol. The first-order valence-corrected chi connectivity index (χ1v) is 32.5. The Morgan fingerprint density at radius 2 is 1.21 bits per heavy atom. The summed E-state index contributed by atoms with van der Waals surface area (Å²) in [7, 11) is -7.60. The average molecular weight is 1200 g/mol. The average Bonchev–Trinajstić information content (AvgIpc) is 3.38. The van der Waals surface area contributed by atoms with Crippen molar-refractivity contribution in [2.24, 2.45) is 5.92 Å². The Labute approximate surface area is 504 Å². The SMILES string of the molecule is C=C1CN(S(=O)(=O)c2ccc(C)cc2)CCCN(Cc2ccccc2)CCCN(S(=O)(=O)c2ccc(C)cc2)C1.CC(C)(C)NC(=O)[C@@H]1CN(Cc2cccnc2)CCN1C[C@@H](O)C[C@@H](Cc1ccccc1)C(=O)N[C@H]1c2ccccc2C[C@H]1O. The van der Waals surface area contributed by atoms with Gasteiger partial charge in [0.2, 0.25) is 31.9 Å². The van der Waals surface area contributed by atoms with Gasteiger partial charge in [-0.2, -0.15) is 8.61 Å². The molecular weight excluding hydrogens is 1110 g/mol. The Morgan fingerprint density at radius 3 is 1.78 bits per heavy atom. The van der Waals surface area contributed by atoms with Crippen molar-refractivity contribution >= 4 is 31.9 Å². The molecule has 2 aliphatic heterocycles. The summed E-state index contributed by atoms with van der Waals surface area (Å²) in [6.45, 7) is 19.5. The molecule has 1 aliphatic carbocycles. The highest BCUT2D eigenvalue weighted by Crippen LogP contribution is 2.32. The van der Waals surface area contributed by atoms with Gasteiger partial charge in [0.25, 0.3) is 0 Å². The van der Waals surface area contributed by atoms with Crippen LogP contribution in [0.5, 0.6) is 0 Å². The monoisotopic (exact) mass is 1190 g/mol. The summed E-state index contributed by atoms with van der Waals surface area (Å²) >= 11 is 0. The molecular formula is C67H86N8O8S2. The fourth-order valence-electron chi connectivity index (χ4n) is 11.5. The number of nitrogens with zero attached hydrogens (tertiary/aromatic N) is 6. The fraction of sp³-hybridized carbons (Fsp3) is 0.418. The maximum absolute atomic E-state index is 13.8. The summed E-state index contributed by atoms with van der Waals surface area (Å²) < 4.78 is 57.7. The molecule has 3 aliphatic rings. The number of aliphatic hydroxyl groups excluding tert-OH is 2. The van der Waals surface area contributed by atoms with Gasteiger partial charge in [0.15, 0.2) is 0 Å². The van der Waals surface area contributed by atoms with Gasteiger partial charge < -0.3 is 20.8 Å². The summed E-state index contributed by atoms with van der Waals surface area (Å²) in [6, 6.07) is 44.4. The molecule has 6 aromatic rings. The minimum atomic E-state index is -3.80. The van der Waals surface area contributed by atoms with Crippen molar-refractivity contribution in [3.05, 3.63) is 209 Å². The lowest BCUT2D eigenvalue weighted by Gasteiger charge is -2.42. The number of piperazine rings is 1. The summed E-state index contributed by atoms with van der Waals surface area (Å²) in [6.07, 6.45) is 4.56. The molecule has 4 N–H and O–H groups in total. The number of aryl methyl sites for hydroxylation is 2. The molecule has 2 amide bonds. The van der Waals surface area contributed by atoms with Crippen LogP contribution in [-0.4, -0.2) is 156 Å². The van der Waals surface area contributed by atoms with E-state index in [9.17, 15) is 36.6 Å². The molecule has 18 heteroatoms.